The van der Waals surface area contributed by atoms with Gasteiger partial charge in [0.2, 0.25) is 0 Å². The first-order chi connectivity index (χ1) is 7.94. The predicted molar refractivity (Wildman–Crippen MR) is 64.2 cm³/mol. The Hall–Kier alpha value is -1.00. The molecule has 0 aliphatic rings. The molecule has 1 N–H and O–H groups in total. The molecule has 1 aromatic rings. The fraction of sp³-hybridized carbons (Fsp3) is 0.538. The van der Waals surface area contributed by atoms with Crippen LogP contribution in [0.25, 0.3) is 0 Å². The zero-order valence-corrected chi connectivity index (χ0v) is 10.5. The largest absolute Gasteiger partial charge is 0.383 e. The molecule has 0 atom stereocenters. The van der Waals surface area contributed by atoms with Crippen molar-refractivity contribution in [3.63, 3.8) is 0 Å². The van der Waals surface area contributed by atoms with E-state index in [0.717, 1.165) is 5.56 Å². The van der Waals surface area contributed by atoms with Crippen molar-refractivity contribution >= 4 is 0 Å². The number of nitrogens with one attached hydrogen (secondary N) is 1. The number of methoxy groups -OCH3 is 1. The van der Waals surface area contributed by atoms with Crippen LogP contribution in [-0.2, 0) is 11.3 Å². The average molecular weight is 243 g/mol. The van der Waals surface area contributed by atoms with E-state index in [-0.39, 0.29) is 11.1 Å². The van der Waals surface area contributed by atoms with Gasteiger partial charge in [-0.1, -0.05) is 24.3 Å². The highest BCUT2D eigenvalue weighted by molar-refractivity contribution is 5.23. The summed E-state index contributed by atoms with van der Waals surface area (Å²) in [6.07, 6.45) is -2.40. The van der Waals surface area contributed by atoms with Crippen molar-refractivity contribution < 1.29 is 13.5 Å². The van der Waals surface area contributed by atoms with Crippen LogP contribution in [0.15, 0.2) is 24.3 Å². The quantitative estimate of drug-likeness (QED) is 0.828. The van der Waals surface area contributed by atoms with E-state index < -0.39 is 6.43 Å². The van der Waals surface area contributed by atoms with Crippen molar-refractivity contribution in [2.75, 3.05) is 13.7 Å². The number of hydrogen-bond acceptors (Lipinski definition) is 2. The first kappa shape index (κ1) is 14.1. The van der Waals surface area contributed by atoms with Gasteiger partial charge >= 0.3 is 0 Å². The highest BCUT2D eigenvalue weighted by Gasteiger charge is 2.16. The van der Waals surface area contributed by atoms with Crippen molar-refractivity contribution in [3.05, 3.63) is 35.4 Å². The molecule has 1 aromatic carbocycles. The Morgan fingerprint density at radius 1 is 1.24 bits per heavy atom. The Kier molecular flexibility index (Phi) is 5.02. The average Bonchev–Trinajstić information content (AvgIpc) is 2.27. The van der Waals surface area contributed by atoms with Gasteiger partial charge in [0.15, 0.2) is 0 Å². The van der Waals surface area contributed by atoms with Crippen LogP contribution in [0.5, 0.6) is 0 Å². The highest BCUT2D eigenvalue weighted by Crippen LogP contribution is 2.18. The van der Waals surface area contributed by atoms with Gasteiger partial charge in [0.25, 0.3) is 6.43 Å². The lowest BCUT2D eigenvalue weighted by molar-refractivity contribution is 0.127. The van der Waals surface area contributed by atoms with Gasteiger partial charge in [-0.25, -0.2) is 8.78 Å². The summed E-state index contributed by atoms with van der Waals surface area (Å²) in [6, 6.07) is 6.37. The molecular weight excluding hydrogens is 224 g/mol. The molecule has 0 fully saturated rings. The molecule has 0 aliphatic carbocycles. The smallest absolute Gasteiger partial charge is 0.263 e. The molecule has 96 valence electrons. The summed E-state index contributed by atoms with van der Waals surface area (Å²) >= 11 is 0. The molecule has 17 heavy (non-hydrogen) atoms. The van der Waals surface area contributed by atoms with Gasteiger partial charge in [0, 0.05) is 24.8 Å². The number of hydrogen-bond donors (Lipinski definition) is 1. The Balaban J connectivity index is 2.52. The summed E-state index contributed by atoms with van der Waals surface area (Å²) in [5.41, 5.74) is 0.916. The maximum Gasteiger partial charge on any atom is 0.263 e. The van der Waals surface area contributed by atoms with E-state index in [9.17, 15) is 8.78 Å². The fourth-order valence-electron chi connectivity index (χ4n) is 1.53. The molecular formula is C13H19F2NO. The molecule has 0 amide bonds. The summed E-state index contributed by atoms with van der Waals surface area (Å²) in [5.74, 6) is 0. The lowest BCUT2D eigenvalue weighted by Gasteiger charge is -2.25. The van der Waals surface area contributed by atoms with E-state index in [1.165, 1.54) is 12.1 Å². The van der Waals surface area contributed by atoms with Gasteiger partial charge in [-0.3, -0.25) is 0 Å². The van der Waals surface area contributed by atoms with Crippen LogP contribution in [-0.4, -0.2) is 19.3 Å². The van der Waals surface area contributed by atoms with E-state index in [1.807, 2.05) is 13.8 Å². The first-order valence-corrected chi connectivity index (χ1v) is 5.55. The predicted octanol–water partition coefficient (Wildman–Crippen LogP) is 3.14. The zero-order valence-electron chi connectivity index (χ0n) is 10.5. The maximum atomic E-state index is 12.3. The zero-order chi connectivity index (χ0) is 12.9. The highest BCUT2D eigenvalue weighted by atomic mass is 19.3. The first-order valence-electron chi connectivity index (χ1n) is 5.55. The molecule has 0 saturated carbocycles. The van der Waals surface area contributed by atoms with Crippen LogP contribution < -0.4 is 5.32 Å². The maximum absolute atomic E-state index is 12.3. The molecule has 1 rings (SSSR count). The minimum Gasteiger partial charge on any atom is -0.383 e. The third-order valence-corrected chi connectivity index (χ3v) is 2.51. The third-order valence-electron chi connectivity index (χ3n) is 2.51. The lowest BCUT2D eigenvalue weighted by Crippen LogP contribution is -2.42. The van der Waals surface area contributed by atoms with Gasteiger partial charge < -0.3 is 10.1 Å². The van der Waals surface area contributed by atoms with E-state index in [0.29, 0.717) is 13.2 Å². The third kappa shape index (κ3) is 4.79. The lowest BCUT2D eigenvalue weighted by atomic mass is 10.1. The minimum atomic E-state index is -2.40. The molecule has 0 bridgehead atoms. The number of rotatable bonds is 6. The molecule has 0 radical (unpaired) electrons. The van der Waals surface area contributed by atoms with Gasteiger partial charge in [-0.15, -0.1) is 0 Å². The molecule has 4 heteroatoms. The Labute approximate surface area is 101 Å². The summed E-state index contributed by atoms with van der Waals surface area (Å²) in [5, 5.41) is 3.31. The van der Waals surface area contributed by atoms with Crippen LogP contribution in [0.4, 0.5) is 8.78 Å². The number of alkyl halides is 2. The molecule has 0 spiro atoms. The second-order valence-corrected chi connectivity index (χ2v) is 4.71. The summed E-state index contributed by atoms with van der Waals surface area (Å²) in [7, 11) is 1.65. The van der Waals surface area contributed by atoms with Crippen molar-refractivity contribution in [2.45, 2.75) is 32.4 Å². The van der Waals surface area contributed by atoms with Crippen molar-refractivity contribution in [1.82, 2.24) is 5.32 Å². The van der Waals surface area contributed by atoms with E-state index in [4.69, 9.17) is 4.74 Å². The fourth-order valence-corrected chi connectivity index (χ4v) is 1.53. The van der Waals surface area contributed by atoms with Gasteiger partial charge in [-0.05, 0) is 19.4 Å². The monoisotopic (exact) mass is 243 g/mol. The Morgan fingerprint density at radius 2 is 1.82 bits per heavy atom. The summed E-state index contributed by atoms with van der Waals surface area (Å²) in [4.78, 5) is 0. The topological polar surface area (TPSA) is 21.3 Å². The van der Waals surface area contributed by atoms with Crippen molar-refractivity contribution in [2.24, 2.45) is 0 Å². The summed E-state index contributed by atoms with van der Waals surface area (Å²) in [6.45, 7) is 5.30. The Bertz CT molecular complexity index is 336. The Morgan fingerprint density at radius 3 is 2.29 bits per heavy atom. The molecule has 0 heterocycles. The van der Waals surface area contributed by atoms with Crippen LogP contribution in [0, 0.1) is 0 Å². The van der Waals surface area contributed by atoms with Gasteiger partial charge in [-0.2, -0.15) is 0 Å². The minimum absolute atomic E-state index is 0.0601. The van der Waals surface area contributed by atoms with Gasteiger partial charge in [0.1, 0.15) is 0 Å². The van der Waals surface area contributed by atoms with Crippen LogP contribution >= 0.6 is 0 Å². The van der Waals surface area contributed by atoms with Crippen LogP contribution in [0.3, 0.4) is 0 Å². The van der Waals surface area contributed by atoms with E-state index in [2.05, 4.69) is 5.32 Å². The standard InChI is InChI=1S/C13H19F2NO/c1-13(2,9-17-3)16-8-10-4-6-11(7-5-10)12(14)15/h4-7,12,16H,8-9H2,1-3H3. The van der Waals surface area contributed by atoms with Crippen LogP contribution in [0.2, 0.25) is 0 Å². The van der Waals surface area contributed by atoms with Crippen molar-refractivity contribution in [1.29, 1.82) is 0 Å². The SMILES string of the molecule is COCC(C)(C)NCc1ccc(C(F)F)cc1. The molecule has 0 aromatic heterocycles. The number of ether oxygens (including phenoxy) is 1. The van der Waals surface area contributed by atoms with E-state index in [1.54, 1.807) is 19.2 Å². The molecule has 0 saturated heterocycles. The summed E-state index contributed by atoms with van der Waals surface area (Å²) < 4.78 is 29.8. The van der Waals surface area contributed by atoms with Gasteiger partial charge in [0.05, 0.1) is 6.61 Å². The molecule has 0 aliphatic heterocycles. The van der Waals surface area contributed by atoms with Crippen molar-refractivity contribution in [3.8, 4) is 0 Å². The number of halogens is 2. The second kappa shape index (κ2) is 6.07. The van der Waals surface area contributed by atoms with E-state index >= 15 is 0 Å². The number of benzene rings is 1. The second-order valence-electron chi connectivity index (χ2n) is 4.71. The normalized spacial score (nSPS) is 12.1. The molecule has 0 unspecified atom stereocenters. The van der Waals surface area contributed by atoms with Crippen LogP contribution in [0.1, 0.15) is 31.4 Å². The molecule has 2 nitrogen and oxygen atoms in total.